The molecule has 1 aromatic carbocycles. The summed E-state index contributed by atoms with van der Waals surface area (Å²) in [4.78, 5) is 38.1. The Labute approximate surface area is 153 Å². The van der Waals surface area contributed by atoms with Gasteiger partial charge >= 0.3 is 6.03 Å². The molecule has 0 radical (unpaired) electrons. The van der Waals surface area contributed by atoms with Crippen LogP contribution in [0.25, 0.3) is 0 Å². The minimum atomic E-state index is -0.178. The van der Waals surface area contributed by atoms with Crippen molar-refractivity contribution in [3.8, 4) is 0 Å². The van der Waals surface area contributed by atoms with E-state index >= 15 is 0 Å². The van der Waals surface area contributed by atoms with E-state index in [1.54, 1.807) is 17.0 Å². The molecule has 3 rings (SSSR count). The zero-order valence-electron chi connectivity index (χ0n) is 14.9. The topological polar surface area (TPSA) is 90.5 Å². The standard InChI is InChI=1S/C19H26N4O3/c24-17(14-5-2-1-3-6-14)20-10-11-21-19(26)23-12-4-7-15(13-23)18(25)22-16-8-9-16/h1-3,5-6,15-16H,4,7-13H2,(H,20,24)(H,21,26)(H,22,25). The Morgan fingerprint density at radius 1 is 1.00 bits per heavy atom. The molecule has 1 atom stereocenters. The first-order chi connectivity index (χ1) is 12.6. The molecule has 7 heteroatoms. The minimum Gasteiger partial charge on any atom is -0.353 e. The van der Waals surface area contributed by atoms with E-state index in [9.17, 15) is 14.4 Å². The smallest absolute Gasteiger partial charge is 0.317 e. The third-order valence-corrected chi connectivity index (χ3v) is 4.73. The second-order valence-electron chi connectivity index (χ2n) is 6.92. The van der Waals surface area contributed by atoms with Crippen molar-refractivity contribution in [1.82, 2.24) is 20.9 Å². The number of piperidine rings is 1. The van der Waals surface area contributed by atoms with Gasteiger partial charge in [-0.2, -0.15) is 0 Å². The van der Waals surface area contributed by atoms with E-state index in [0.717, 1.165) is 25.7 Å². The van der Waals surface area contributed by atoms with Gasteiger partial charge in [0.25, 0.3) is 5.91 Å². The second-order valence-corrected chi connectivity index (χ2v) is 6.92. The van der Waals surface area contributed by atoms with Crippen LogP contribution in [-0.2, 0) is 4.79 Å². The molecule has 1 saturated heterocycles. The molecule has 2 fully saturated rings. The predicted octanol–water partition coefficient (Wildman–Crippen LogP) is 1.12. The van der Waals surface area contributed by atoms with Gasteiger partial charge in [-0.05, 0) is 37.8 Å². The largest absolute Gasteiger partial charge is 0.353 e. The highest BCUT2D eigenvalue weighted by atomic mass is 16.2. The van der Waals surface area contributed by atoms with Crippen LogP contribution in [0, 0.1) is 5.92 Å². The van der Waals surface area contributed by atoms with Crippen molar-refractivity contribution < 1.29 is 14.4 Å². The summed E-state index contributed by atoms with van der Waals surface area (Å²) in [5, 5.41) is 8.61. The first kappa shape index (κ1) is 18.2. The van der Waals surface area contributed by atoms with Crippen LogP contribution in [0.2, 0.25) is 0 Å². The summed E-state index contributed by atoms with van der Waals surface area (Å²) in [6, 6.07) is 9.13. The zero-order chi connectivity index (χ0) is 18.4. The summed E-state index contributed by atoms with van der Waals surface area (Å²) in [6.07, 6.45) is 3.80. The maximum atomic E-state index is 12.3. The van der Waals surface area contributed by atoms with E-state index in [1.165, 1.54) is 0 Å². The van der Waals surface area contributed by atoms with Gasteiger partial charge in [0.15, 0.2) is 0 Å². The van der Waals surface area contributed by atoms with Gasteiger partial charge in [0.05, 0.1) is 5.92 Å². The van der Waals surface area contributed by atoms with Gasteiger partial charge in [0, 0.05) is 37.8 Å². The van der Waals surface area contributed by atoms with E-state index in [4.69, 9.17) is 0 Å². The zero-order valence-corrected chi connectivity index (χ0v) is 14.9. The molecular weight excluding hydrogens is 332 g/mol. The van der Waals surface area contributed by atoms with Gasteiger partial charge in [-0.25, -0.2) is 4.79 Å². The van der Waals surface area contributed by atoms with E-state index in [1.807, 2.05) is 18.2 Å². The molecule has 1 aromatic rings. The van der Waals surface area contributed by atoms with E-state index in [2.05, 4.69) is 16.0 Å². The number of hydrogen-bond acceptors (Lipinski definition) is 3. The monoisotopic (exact) mass is 358 g/mol. The van der Waals surface area contributed by atoms with Crippen molar-refractivity contribution in [2.75, 3.05) is 26.2 Å². The van der Waals surface area contributed by atoms with Gasteiger partial charge in [0.2, 0.25) is 5.91 Å². The predicted molar refractivity (Wildman–Crippen MR) is 97.6 cm³/mol. The Balaban J connectivity index is 1.36. The fourth-order valence-electron chi connectivity index (χ4n) is 3.07. The third kappa shape index (κ3) is 5.21. The van der Waals surface area contributed by atoms with Crippen molar-refractivity contribution in [3.05, 3.63) is 35.9 Å². The highest BCUT2D eigenvalue weighted by Gasteiger charge is 2.31. The SMILES string of the molecule is O=C(NCCNC(=O)N1CCCC(C(=O)NC2CC2)C1)c1ccccc1. The summed E-state index contributed by atoms with van der Waals surface area (Å²) >= 11 is 0. The number of likely N-dealkylation sites (tertiary alicyclic amines) is 1. The Bertz CT molecular complexity index is 645. The van der Waals surface area contributed by atoms with Gasteiger partial charge in [-0.3, -0.25) is 9.59 Å². The summed E-state index contributed by atoms with van der Waals surface area (Å²) in [6.45, 7) is 1.84. The first-order valence-corrected chi connectivity index (χ1v) is 9.30. The maximum absolute atomic E-state index is 12.3. The number of nitrogens with one attached hydrogen (secondary N) is 3. The van der Waals surface area contributed by atoms with E-state index < -0.39 is 0 Å². The normalized spacial score (nSPS) is 19.5. The minimum absolute atomic E-state index is 0.0696. The molecule has 1 heterocycles. The average molecular weight is 358 g/mol. The fourth-order valence-corrected chi connectivity index (χ4v) is 3.07. The van der Waals surface area contributed by atoms with Crippen molar-refractivity contribution in [1.29, 1.82) is 0 Å². The lowest BCUT2D eigenvalue weighted by Crippen LogP contribution is -2.50. The molecule has 1 unspecified atom stereocenters. The Morgan fingerprint density at radius 2 is 1.73 bits per heavy atom. The van der Waals surface area contributed by atoms with Crippen molar-refractivity contribution in [2.45, 2.75) is 31.7 Å². The second kappa shape index (κ2) is 8.69. The van der Waals surface area contributed by atoms with Crippen molar-refractivity contribution in [2.24, 2.45) is 5.92 Å². The number of nitrogens with zero attached hydrogens (tertiary/aromatic N) is 1. The first-order valence-electron chi connectivity index (χ1n) is 9.30. The Hall–Kier alpha value is -2.57. The fraction of sp³-hybridized carbons (Fsp3) is 0.526. The molecule has 7 nitrogen and oxygen atoms in total. The van der Waals surface area contributed by atoms with Crippen LogP contribution in [0.15, 0.2) is 30.3 Å². The quantitative estimate of drug-likeness (QED) is 0.666. The van der Waals surface area contributed by atoms with Crippen LogP contribution in [0.5, 0.6) is 0 Å². The highest BCUT2D eigenvalue weighted by molar-refractivity contribution is 5.94. The Morgan fingerprint density at radius 3 is 2.46 bits per heavy atom. The molecule has 0 aromatic heterocycles. The molecule has 3 N–H and O–H groups in total. The molecule has 1 aliphatic carbocycles. The lowest BCUT2D eigenvalue weighted by Gasteiger charge is -2.32. The molecular formula is C19H26N4O3. The average Bonchev–Trinajstić information content (AvgIpc) is 3.49. The van der Waals surface area contributed by atoms with E-state index in [-0.39, 0.29) is 23.8 Å². The molecule has 26 heavy (non-hydrogen) atoms. The van der Waals surface area contributed by atoms with Crippen LogP contribution in [0.4, 0.5) is 4.79 Å². The summed E-state index contributed by atoms with van der Waals surface area (Å²) < 4.78 is 0. The molecule has 4 amide bonds. The van der Waals surface area contributed by atoms with Crippen molar-refractivity contribution >= 4 is 17.8 Å². The lowest BCUT2D eigenvalue weighted by atomic mass is 9.97. The lowest BCUT2D eigenvalue weighted by molar-refractivity contribution is -0.126. The molecule has 2 aliphatic rings. The molecule has 1 aliphatic heterocycles. The third-order valence-electron chi connectivity index (χ3n) is 4.73. The highest BCUT2D eigenvalue weighted by Crippen LogP contribution is 2.22. The van der Waals surface area contributed by atoms with Gasteiger partial charge in [-0.1, -0.05) is 18.2 Å². The molecule has 0 spiro atoms. The summed E-state index contributed by atoms with van der Waals surface area (Å²) in [7, 11) is 0. The number of carbonyl (C=O) groups excluding carboxylic acids is 3. The van der Waals surface area contributed by atoms with E-state index in [0.29, 0.717) is 37.8 Å². The Kier molecular flexibility index (Phi) is 6.09. The van der Waals surface area contributed by atoms with Crippen molar-refractivity contribution in [3.63, 3.8) is 0 Å². The number of carbonyl (C=O) groups is 3. The maximum Gasteiger partial charge on any atom is 0.317 e. The van der Waals surface area contributed by atoms with Crippen LogP contribution < -0.4 is 16.0 Å². The van der Waals surface area contributed by atoms with Gasteiger partial charge < -0.3 is 20.9 Å². The number of urea groups is 1. The number of benzene rings is 1. The van der Waals surface area contributed by atoms with Crippen LogP contribution >= 0.6 is 0 Å². The van der Waals surface area contributed by atoms with Gasteiger partial charge in [0.1, 0.15) is 0 Å². The molecule has 0 bridgehead atoms. The van der Waals surface area contributed by atoms with Crippen LogP contribution in [-0.4, -0.2) is 55.0 Å². The number of amides is 4. The van der Waals surface area contributed by atoms with Crippen LogP contribution in [0.3, 0.4) is 0 Å². The number of rotatable bonds is 6. The summed E-state index contributed by atoms with van der Waals surface area (Å²) in [5.41, 5.74) is 0.597. The molecule has 140 valence electrons. The molecule has 1 saturated carbocycles. The summed E-state index contributed by atoms with van der Waals surface area (Å²) in [5.74, 6) is -0.206. The van der Waals surface area contributed by atoms with Gasteiger partial charge in [-0.15, -0.1) is 0 Å². The number of hydrogen-bond donors (Lipinski definition) is 3. The van der Waals surface area contributed by atoms with Crippen LogP contribution in [0.1, 0.15) is 36.0 Å².